The second-order valence-corrected chi connectivity index (χ2v) is 8.95. The van der Waals surface area contributed by atoms with Gasteiger partial charge in [0.15, 0.2) is 5.13 Å². The van der Waals surface area contributed by atoms with Gasteiger partial charge in [-0.2, -0.15) is 0 Å². The molecule has 1 aliphatic heterocycles. The number of nitrogens with one attached hydrogen (secondary N) is 1. The van der Waals surface area contributed by atoms with Crippen molar-refractivity contribution in [1.82, 2.24) is 9.88 Å². The van der Waals surface area contributed by atoms with Crippen molar-refractivity contribution in [3.8, 4) is 11.5 Å². The third kappa shape index (κ3) is 4.76. The summed E-state index contributed by atoms with van der Waals surface area (Å²) in [7, 11) is 3.18. The number of aryl methyl sites for hydroxylation is 1. The van der Waals surface area contributed by atoms with Crippen molar-refractivity contribution in [2.75, 3.05) is 50.6 Å². The number of methoxy groups -OCH3 is 2. The Hall–Kier alpha value is -2.81. The van der Waals surface area contributed by atoms with Gasteiger partial charge in [-0.3, -0.25) is 9.59 Å². The van der Waals surface area contributed by atoms with Crippen molar-refractivity contribution in [2.24, 2.45) is 5.92 Å². The summed E-state index contributed by atoms with van der Waals surface area (Å²) >= 11 is 1.68. The molecule has 1 N–H and O–H groups in total. The highest BCUT2D eigenvalue weighted by Crippen LogP contribution is 2.35. The van der Waals surface area contributed by atoms with Gasteiger partial charge in [-0.05, 0) is 19.3 Å². The van der Waals surface area contributed by atoms with Crippen molar-refractivity contribution in [3.05, 3.63) is 28.8 Å². The molecule has 166 valence electrons. The summed E-state index contributed by atoms with van der Waals surface area (Å²) in [5.41, 5.74) is 1.78. The Kier molecular flexibility index (Phi) is 6.31. The Bertz CT molecular complexity index is 946. The van der Waals surface area contributed by atoms with Crippen LogP contribution in [-0.4, -0.2) is 62.1 Å². The molecule has 1 saturated heterocycles. The molecule has 4 rings (SSSR count). The fraction of sp³-hybridized carbons (Fsp3) is 0.500. The number of nitrogens with zero attached hydrogens (tertiary/aromatic N) is 3. The van der Waals surface area contributed by atoms with Crippen LogP contribution >= 0.6 is 11.3 Å². The minimum atomic E-state index is -0.0902. The van der Waals surface area contributed by atoms with Crippen LogP contribution in [0.4, 0.5) is 10.8 Å². The van der Waals surface area contributed by atoms with E-state index in [2.05, 4.69) is 10.2 Å². The number of piperazine rings is 1. The monoisotopic (exact) mass is 444 g/mol. The molecule has 1 aliphatic carbocycles. The first-order valence-corrected chi connectivity index (χ1v) is 11.3. The molecule has 0 spiro atoms. The first kappa shape index (κ1) is 21.4. The van der Waals surface area contributed by atoms with Gasteiger partial charge in [0.05, 0.1) is 19.9 Å². The molecule has 1 unspecified atom stereocenters. The lowest BCUT2D eigenvalue weighted by atomic mass is 9.90. The number of hydrogen-bond donors (Lipinski definition) is 1. The van der Waals surface area contributed by atoms with Crippen LogP contribution in [0, 0.1) is 5.92 Å². The number of ether oxygens (including phenoxy) is 2. The van der Waals surface area contributed by atoms with Crippen molar-refractivity contribution >= 4 is 34.0 Å². The number of carbonyl (C=O) groups is 2. The highest BCUT2D eigenvalue weighted by atomic mass is 32.1. The number of amides is 2. The van der Waals surface area contributed by atoms with Gasteiger partial charge < -0.3 is 24.6 Å². The summed E-state index contributed by atoms with van der Waals surface area (Å²) in [4.78, 5) is 34.6. The highest BCUT2D eigenvalue weighted by Gasteiger charge is 2.29. The topological polar surface area (TPSA) is 84.0 Å². The van der Waals surface area contributed by atoms with E-state index in [1.165, 1.54) is 4.88 Å². The zero-order valence-corrected chi connectivity index (χ0v) is 19.0. The van der Waals surface area contributed by atoms with Crippen molar-refractivity contribution in [1.29, 1.82) is 0 Å². The Labute approximate surface area is 186 Å². The third-order valence-electron chi connectivity index (χ3n) is 5.91. The Morgan fingerprint density at radius 1 is 1.10 bits per heavy atom. The molecule has 1 aromatic heterocycles. The minimum Gasteiger partial charge on any atom is -0.497 e. The van der Waals surface area contributed by atoms with Gasteiger partial charge in [-0.1, -0.05) is 0 Å². The molecule has 9 heteroatoms. The number of hydrogen-bond acceptors (Lipinski definition) is 7. The normalized spacial score (nSPS) is 18.4. The molecule has 0 saturated carbocycles. The number of aromatic nitrogens is 1. The van der Waals surface area contributed by atoms with Crippen LogP contribution in [0.3, 0.4) is 0 Å². The van der Waals surface area contributed by atoms with Crippen LogP contribution in [0.15, 0.2) is 18.2 Å². The molecule has 1 fully saturated rings. The third-order valence-corrected chi connectivity index (χ3v) is 7.09. The lowest BCUT2D eigenvalue weighted by Crippen LogP contribution is -2.48. The van der Waals surface area contributed by atoms with Gasteiger partial charge in [0.25, 0.3) is 0 Å². The summed E-state index contributed by atoms with van der Waals surface area (Å²) in [5.74, 6) is 1.31. The molecule has 1 aromatic carbocycles. The molecular weight excluding hydrogens is 416 g/mol. The smallest absolute Gasteiger partial charge is 0.227 e. The van der Waals surface area contributed by atoms with Gasteiger partial charge >= 0.3 is 0 Å². The molecule has 2 heterocycles. The predicted octanol–water partition coefficient (Wildman–Crippen LogP) is 2.57. The summed E-state index contributed by atoms with van der Waals surface area (Å²) in [6.45, 7) is 4.68. The maximum atomic E-state index is 12.9. The zero-order chi connectivity index (χ0) is 22.0. The summed E-state index contributed by atoms with van der Waals surface area (Å²) < 4.78 is 10.6. The van der Waals surface area contributed by atoms with Crippen LogP contribution in [0.5, 0.6) is 11.5 Å². The average Bonchev–Trinajstić information content (AvgIpc) is 3.22. The predicted molar refractivity (Wildman–Crippen MR) is 120 cm³/mol. The quantitative estimate of drug-likeness (QED) is 0.763. The summed E-state index contributed by atoms with van der Waals surface area (Å²) in [6.07, 6.45) is 2.29. The van der Waals surface area contributed by atoms with E-state index in [1.807, 2.05) is 4.90 Å². The summed E-state index contributed by atoms with van der Waals surface area (Å²) in [6, 6.07) is 5.36. The van der Waals surface area contributed by atoms with E-state index in [0.29, 0.717) is 23.6 Å². The van der Waals surface area contributed by atoms with Gasteiger partial charge in [0, 0.05) is 67.8 Å². The van der Waals surface area contributed by atoms with E-state index < -0.39 is 0 Å². The maximum Gasteiger partial charge on any atom is 0.227 e. The van der Waals surface area contributed by atoms with E-state index >= 15 is 0 Å². The first-order chi connectivity index (χ1) is 15.0. The second kappa shape index (κ2) is 9.13. The molecule has 2 amide bonds. The number of anilines is 2. The van der Waals surface area contributed by atoms with Crippen molar-refractivity contribution in [3.63, 3.8) is 0 Å². The lowest BCUT2D eigenvalue weighted by molar-refractivity contribution is -0.129. The maximum absolute atomic E-state index is 12.9. The second-order valence-electron chi connectivity index (χ2n) is 7.89. The number of benzene rings is 1. The van der Waals surface area contributed by atoms with E-state index in [4.69, 9.17) is 14.5 Å². The van der Waals surface area contributed by atoms with Gasteiger partial charge in [-0.15, -0.1) is 11.3 Å². The average molecular weight is 445 g/mol. The van der Waals surface area contributed by atoms with Crippen LogP contribution < -0.4 is 19.7 Å². The molecule has 0 radical (unpaired) electrons. The fourth-order valence-corrected chi connectivity index (χ4v) is 5.29. The minimum absolute atomic E-state index is 0.00554. The largest absolute Gasteiger partial charge is 0.497 e. The number of rotatable bonds is 5. The van der Waals surface area contributed by atoms with E-state index in [1.54, 1.807) is 50.7 Å². The standard InChI is InChI=1S/C22H28N4O4S/c1-14(27)25-6-8-26(9-7-25)22-24-19-5-4-15(10-20(19)31-22)21(28)23-16-11-17(29-2)13-18(12-16)30-3/h11-13,15H,4-10H2,1-3H3,(H,23,28). The number of carbonyl (C=O) groups excluding carboxylic acids is 2. The van der Waals surface area contributed by atoms with Crippen LogP contribution in [0.25, 0.3) is 0 Å². The van der Waals surface area contributed by atoms with Gasteiger partial charge in [0.2, 0.25) is 11.8 Å². The molecule has 2 aliphatic rings. The molecule has 0 bridgehead atoms. The van der Waals surface area contributed by atoms with Gasteiger partial charge in [0.1, 0.15) is 11.5 Å². The Balaban J connectivity index is 1.40. The Morgan fingerprint density at radius 3 is 2.39 bits per heavy atom. The van der Waals surface area contributed by atoms with E-state index in [-0.39, 0.29) is 17.7 Å². The zero-order valence-electron chi connectivity index (χ0n) is 18.1. The lowest BCUT2D eigenvalue weighted by Gasteiger charge is -2.33. The Morgan fingerprint density at radius 2 is 1.77 bits per heavy atom. The van der Waals surface area contributed by atoms with Crippen LogP contribution in [0.1, 0.15) is 23.9 Å². The highest BCUT2D eigenvalue weighted by molar-refractivity contribution is 7.15. The van der Waals surface area contributed by atoms with Gasteiger partial charge in [-0.25, -0.2) is 4.98 Å². The van der Waals surface area contributed by atoms with Crippen molar-refractivity contribution < 1.29 is 19.1 Å². The molecule has 31 heavy (non-hydrogen) atoms. The van der Waals surface area contributed by atoms with E-state index in [0.717, 1.165) is 49.8 Å². The molecular formula is C22H28N4O4S. The number of thiazole rings is 1. The fourth-order valence-electron chi connectivity index (χ4n) is 4.06. The van der Waals surface area contributed by atoms with Crippen LogP contribution in [-0.2, 0) is 22.4 Å². The number of fused-ring (bicyclic) bond motifs is 1. The SMILES string of the molecule is COc1cc(NC(=O)C2CCc3nc(N4CCN(C(C)=O)CC4)sc3C2)cc(OC)c1. The van der Waals surface area contributed by atoms with E-state index in [9.17, 15) is 9.59 Å². The molecule has 2 aromatic rings. The summed E-state index contributed by atoms with van der Waals surface area (Å²) in [5, 5.41) is 4.02. The first-order valence-electron chi connectivity index (χ1n) is 10.5. The van der Waals surface area contributed by atoms with Crippen LogP contribution in [0.2, 0.25) is 0 Å². The van der Waals surface area contributed by atoms with Crippen molar-refractivity contribution in [2.45, 2.75) is 26.2 Å². The molecule has 8 nitrogen and oxygen atoms in total. The molecule has 1 atom stereocenters.